The number of H-pyrrole nitrogens is 2. The van der Waals surface area contributed by atoms with Gasteiger partial charge in [-0.1, -0.05) is 74.5 Å². The molecule has 2 saturated heterocycles. The lowest BCUT2D eigenvalue weighted by Gasteiger charge is -2.30. The Hall–Kier alpha value is -7.39. The maximum absolute atomic E-state index is 16.2. The predicted molar refractivity (Wildman–Crippen MR) is 228 cm³/mol. The largest absolute Gasteiger partial charge is 0.453 e. The lowest BCUT2D eigenvalue weighted by Crippen LogP contribution is -2.51. The van der Waals surface area contributed by atoms with Gasteiger partial charge in [0.25, 0.3) is 5.91 Å². The highest BCUT2D eigenvalue weighted by Crippen LogP contribution is 2.36. The van der Waals surface area contributed by atoms with E-state index in [1.165, 1.54) is 20.3 Å². The van der Waals surface area contributed by atoms with Crippen molar-refractivity contribution in [1.29, 1.82) is 0 Å². The normalized spacial score (nSPS) is 16.7. The number of carbonyl (C=O) groups excluding carboxylic acids is 4. The summed E-state index contributed by atoms with van der Waals surface area (Å²) in [6.45, 7) is 4.70. The minimum absolute atomic E-state index is 0.165. The maximum atomic E-state index is 16.2. The van der Waals surface area contributed by atoms with E-state index in [4.69, 9.17) is 9.47 Å². The van der Waals surface area contributed by atoms with Crippen LogP contribution < -0.4 is 10.6 Å². The number of alkyl carbamates (subject to hydrolysis) is 2. The van der Waals surface area contributed by atoms with Crippen molar-refractivity contribution in [2.24, 2.45) is 5.92 Å². The lowest BCUT2D eigenvalue weighted by atomic mass is 9.96. The fourth-order valence-electron chi connectivity index (χ4n) is 7.93. The summed E-state index contributed by atoms with van der Waals surface area (Å²) in [7, 11) is 2.51. The zero-order chi connectivity index (χ0) is 43.8. The van der Waals surface area contributed by atoms with Crippen LogP contribution in [0.4, 0.5) is 14.0 Å². The fourth-order valence-corrected chi connectivity index (χ4v) is 7.93. The van der Waals surface area contributed by atoms with Crippen LogP contribution in [-0.4, -0.2) is 87.1 Å². The van der Waals surface area contributed by atoms with Crippen molar-refractivity contribution < 1.29 is 33.0 Å². The molecular formula is C47H47FN8O6. The third-order valence-corrected chi connectivity index (χ3v) is 11.0. The summed E-state index contributed by atoms with van der Waals surface area (Å²) in [6.07, 6.45) is 4.64. The molecule has 0 spiro atoms. The van der Waals surface area contributed by atoms with E-state index in [2.05, 4.69) is 54.3 Å². The van der Waals surface area contributed by atoms with Crippen LogP contribution in [0, 0.1) is 35.4 Å². The van der Waals surface area contributed by atoms with Gasteiger partial charge in [0, 0.05) is 24.2 Å². The van der Waals surface area contributed by atoms with Crippen molar-refractivity contribution in [1.82, 2.24) is 40.4 Å². The third kappa shape index (κ3) is 9.48. The van der Waals surface area contributed by atoms with Crippen molar-refractivity contribution in [3.05, 3.63) is 119 Å². The summed E-state index contributed by atoms with van der Waals surface area (Å²) in [5.41, 5.74) is 3.68. The molecule has 3 unspecified atom stereocenters. The quantitative estimate of drug-likeness (QED) is 0.111. The molecule has 2 aliphatic heterocycles. The monoisotopic (exact) mass is 838 g/mol. The Morgan fingerprint density at radius 1 is 0.758 bits per heavy atom. The summed E-state index contributed by atoms with van der Waals surface area (Å²) in [5.74, 6) is 11.4. The molecule has 3 aromatic carbocycles. The SMILES string of the molecule is COC(=O)NC(C(=O)N1CCCC1c1ncc(C#CC#Cc2c(F)cc(-c3cnc(C4CCCN4C(=O)[C@@H](NC(=O)OC)C(C)C)[nH]3)cc2-c2ccccc2)[nH]1)c1ccccc1. The first kappa shape index (κ1) is 42.7. The summed E-state index contributed by atoms with van der Waals surface area (Å²) in [4.78, 5) is 70.9. The van der Waals surface area contributed by atoms with Crippen LogP contribution in [-0.2, 0) is 19.1 Å². The number of likely N-dealkylation sites (tertiary alicyclic amines) is 2. The number of ether oxygens (including phenoxy) is 2. The van der Waals surface area contributed by atoms with Crippen molar-refractivity contribution >= 4 is 24.0 Å². The minimum atomic E-state index is -0.942. The third-order valence-electron chi connectivity index (χ3n) is 11.0. The van der Waals surface area contributed by atoms with E-state index in [9.17, 15) is 19.2 Å². The average molecular weight is 839 g/mol. The van der Waals surface area contributed by atoms with Gasteiger partial charge in [-0.05, 0) is 78.5 Å². The standard InChI is InChI=1S/C47H47FN8O6/c1-29(2)40(53-46(59)61-3)44(57)55-23-14-22-39(55)43-50-28-37(52-43)32-25-35(30-15-7-5-8-16-30)34(36(48)26-32)20-12-11-19-33-27-49-42(51-33)38-21-13-24-56(38)45(58)41(54-47(60)62-4)31-17-9-6-10-18-31/h5-10,15-18,25-29,38-41H,13-14,21-24H2,1-4H3,(H,49,51)(H,50,52)(H,53,59)(H,54,60)/t38?,39?,40-,41?/m0/s1. The number of aromatic nitrogens is 4. The van der Waals surface area contributed by atoms with Gasteiger partial charge in [-0.15, -0.1) is 0 Å². The van der Waals surface area contributed by atoms with E-state index in [1.807, 2.05) is 56.3 Å². The highest BCUT2D eigenvalue weighted by Gasteiger charge is 2.39. The van der Waals surface area contributed by atoms with Crippen LogP contribution in [0.2, 0.25) is 0 Å². The predicted octanol–water partition coefficient (Wildman–Crippen LogP) is 6.81. The molecule has 2 fully saturated rings. The first-order valence-electron chi connectivity index (χ1n) is 20.4. The smallest absolute Gasteiger partial charge is 0.407 e. The molecule has 2 aromatic heterocycles. The van der Waals surface area contributed by atoms with Crippen molar-refractivity contribution in [3.63, 3.8) is 0 Å². The second-order valence-corrected chi connectivity index (χ2v) is 15.3. The van der Waals surface area contributed by atoms with E-state index in [0.29, 0.717) is 65.7 Å². The van der Waals surface area contributed by atoms with Crippen LogP contribution in [0.5, 0.6) is 0 Å². The van der Waals surface area contributed by atoms with Gasteiger partial charge < -0.3 is 39.9 Å². The number of rotatable bonds is 10. The van der Waals surface area contributed by atoms with Crippen molar-refractivity contribution in [2.75, 3.05) is 27.3 Å². The molecular weight excluding hydrogens is 792 g/mol. The molecule has 318 valence electrons. The second-order valence-electron chi connectivity index (χ2n) is 15.3. The highest BCUT2D eigenvalue weighted by molar-refractivity contribution is 5.88. The van der Waals surface area contributed by atoms with Gasteiger partial charge in [-0.3, -0.25) is 9.59 Å². The van der Waals surface area contributed by atoms with Gasteiger partial charge in [0.05, 0.1) is 50.0 Å². The Morgan fingerprint density at radius 2 is 1.35 bits per heavy atom. The number of benzene rings is 3. The summed E-state index contributed by atoms with van der Waals surface area (Å²) < 4.78 is 25.7. The maximum Gasteiger partial charge on any atom is 0.407 e. The first-order valence-corrected chi connectivity index (χ1v) is 20.4. The van der Waals surface area contributed by atoms with Crippen LogP contribution in [0.25, 0.3) is 22.4 Å². The van der Waals surface area contributed by atoms with Crippen LogP contribution in [0.15, 0.2) is 85.2 Å². The molecule has 4 amide bonds. The number of aromatic amines is 2. The molecule has 0 saturated carbocycles. The molecule has 4 heterocycles. The van der Waals surface area contributed by atoms with Gasteiger partial charge in [0.2, 0.25) is 5.91 Å². The number of hydrogen-bond donors (Lipinski definition) is 4. The first-order chi connectivity index (χ1) is 30.1. The van der Waals surface area contributed by atoms with E-state index < -0.39 is 30.1 Å². The van der Waals surface area contributed by atoms with Crippen LogP contribution in [0.3, 0.4) is 0 Å². The molecule has 5 aromatic rings. The number of nitrogens with zero attached hydrogens (tertiary/aromatic N) is 4. The molecule has 7 rings (SSSR count). The molecule has 15 heteroatoms. The Kier molecular flexibility index (Phi) is 13.3. The molecule has 62 heavy (non-hydrogen) atoms. The van der Waals surface area contributed by atoms with Gasteiger partial charge >= 0.3 is 12.2 Å². The molecule has 0 radical (unpaired) electrons. The molecule has 0 bridgehead atoms. The van der Waals surface area contributed by atoms with Crippen molar-refractivity contribution in [3.8, 4) is 46.1 Å². The zero-order valence-corrected chi connectivity index (χ0v) is 34.8. The van der Waals surface area contributed by atoms with E-state index in [0.717, 1.165) is 18.4 Å². The number of halogens is 1. The van der Waals surface area contributed by atoms with Crippen molar-refractivity contribution in [2.45, 2.75) is 63.7 Å². The highest BCUT2D eigenvalue weighted by atomic mass is 19.1. The number of amides is 4. The molecule has 4 N–H and O–H groups in total. The van der Waals surface area contributed by atoms with Crippen LogP contribution in [0.1, 0.15) is 86.1 Å². The zero-order valence-electron chi connectivity index (χ0n) is 34.8. The summed E-state index contributed by atoms with van der Waals surface area (Å²) in [6, 6.07) is 19.1. The Balaban J connectivity index is 1.10. The second kappa shape index (κ2) is 19.3. The van der Waals surface area contributed by atoms with Gasteiger partial charge in [-0.2, -0.15) is 0 Å². The van der Waals surface area contributed by atoms with Gasteiger partial charge in [-0.25, -0.2) is 23.9 Å². The Bertz CT molecular complexity index is 2550. The van der Waals surface area contributed by atoms with E-state index >= 15 is 4.39 Å². The molecule has 2 aliphatic rings. The topological polar surface area (TPSA) is 175 Å². The van der Waals surface area contributed by atoms with E-state index in [1.54, 1.807) is 46.5 Å². The lowest BCUT2D eigenvalue weighted by molar-refractivity contribution is -0.135. The fraction of sp³-hybridized carbons (Fsp3) is 0.319. The number of methoxy groups -OCH3 is 2. The number of hydrogen-bond acceptors (Lipinski definition) is 8. The number of nitrogens with one attached hydrogen (secondary N) is 4. The molecule has 0 aliphatic carbocycles. The minimum Gasteiger partial charge on any atom is -0.453 e. The molecule has 14 nitrogen and oxygen atoms in total. The summed E-state index contributed by atoms with van der Waals surface area (Å²) in [5, 5.41) is 5.33. The molecule has 4 atom stereocenters. The van der Waals surface area contributed by atoms with Gasteiger partial charge in [0.1, 0.15) is 35.2 Å². The Morgan fingerprint density at radius 3 is 2.02 bits per heavy atom. The number of imidazole rings is 2. The summed E-state index contributed by atoms with van der Waals surface area (Å²) >= 11 is 0. The van der Waals surface area contributed by atoms with Gasteiger partial charge in [0.15, 0.2) is 0 Å². The average Bonchev–Trinajstić information content (AvgIpc) is 4.14. The van der Waals surface area contributed by atoms with E-state index in [-0.39, 0.29) is 35.4 Å². The number of carbonyl (C=O) groups is 4. The Labute approximate surface area is 359 Å². The van der Waals surface area contributed by atoms with Crippen LogP contribution >= 0.6 is 0 Å².